The molecular formula is C10H8ClN. The van der Waals surface area contributed by atoms with Gasteiger partial charge in [-0.2, -0.15) is 5.26 Å². The van der Waals surface area contributed by atoms with Crippen molar-refractivity contribution in [3.05, 3.63) is 40.4 Å². The zero-order valence-corrected chi connectivity index (χ0v) is 7.47. The van der Waals surface area contributed by atoms with Crippen LogP contribution in [-0.4, -0.2) is 0 Å². The summed E-state index contributed by atoms with van der Waals surface area (Å²) >= 11 is 5.54. The maximum atomic E-state index is 8.40. The highest BCUT2D eigenvalue weighted by atomic mass is 35.5. The lowest BCUT2D eigenvalue weighted by molar-refractivity contribution is 1.46. The number of halogens is 1. The van der Waals surface area contributed by atoms with E-state index in [9.17, 15) is 0 Å². The molecule has 0 aliphatic rings. The Morgan fingerprint density at radius 2 is 2.00 bits per heavy atom. The van der Waals surface area contributed by atoms with E-state index in [2.05, 4.69) is 0 Å². The second kappa shape index (κ2) is 3.94. The van der Waals surface area contributed by atoms with Gasteiger partial charge in [-0.1, -0.05) is 41.4 Å². The van der Waals surface area contributed by atoms with Crippen LogP contribution in [0.2, 0.25) is 0 Å². The van der Waals surface area contributed by atoms with Gasteiger partial charge in [0, 0.05) is 0 Å². The molecule has 0 heterocycles. The minimum absolute atomic E-state index is 0.207. The number of rotatable bonds is 1. The largest absolute Gasteiger partial charge is 0.191 e. The van der Waals surface area contributed by atoms with Gasteiger partial charge in [0.25, 0.3) is 0 Å². The highest BCUT2D eigenvalue weighted by Gasteiger charge is 1.90. The molecule has 0 radical (unpaired) electrons. The third-order valence-electron chi connectivity index (χ3n) is 1.48. The summed E-state index contributed by atoms with van der Waals surface area (Å²) in [6, 6.07) is 9.66. The molecule has 0 aliphatic carbocycles. The van der Waals surface area contributed by atoms with E-state index in [4.69, 9.17) is 16.9 Å². The molecule has 0 saturated heterocycles. The van der Waals surface area contributed by atoms with Crippen molar-refractivity contribution in [2.75, 3.05) is 0 Å². The molecule has 1 nitrogen and oxygen atoms in total. The van der Waals surface area contributed by atoms with E-state index < -0.39 is 0 Å². The second-order valence-corrected chi connectivity index (χ2v) is 2.92. The first kappa shape index (κ1) is 8.83. The standard InChI is InChI=1S/C10H8ClN/c1-8-2-4-9(5-3-8)6-10(11)7-12/h2-6H,1H3. The zero-order chi connectivity index (χ0) is 8.97. The van der Waals surface area contributed by atoms with Crippen molar-refractivity contribution in [3.63, 3.8) is 0 Å². The molecule has 12 heavy (non-hydrogen) atoms. The maximum Gasteiger partial charge on any atom is 0.118 e. The number of nitriles is 1. The van der Waals surface area contributed by atoms with Gasteiger partial charge < -0.3 is 0 Å². The lowest BCUT2D eigenvalue weighted by Gasteiger charge is -1.93. The summed E-state index contributed by atoms with van der Waals surface area (Å²) < 4.78 is 0. The Labute approximate surface area is 76.9 Å². The molecule has 1 aromatic rings. The molecule has 0 bridgehead atoms. The molecule has 1 aromatic carbocycles. The number of benzene rings is 1. The van der Waals surface area contributed by atoms with E-state index in [1.807, 2.05) is 37.3 Å². The van der Waals surface area contributed by atoms with Crippen LogP contribution in [0.5, 0.6) is 0 Å². The number of hydrogen-bond donors (Lipinski definition) is 0. The number of hydrogen-bond acceptors (Lipinski definition) is 1. The lowest BCUT2D eigenvalue weighted by atomic mass is 10.1. The van der Waals surface area contributed by atoms with Crippen LogP contribution in [0, 0.1) is 18.3 Å². The highest BCUT2D eigenvalue weighted by molar-refractivity contribution is 6.33. The lowest BCUT2D eigenvalue weighted by Crippen LogP contribution is -1.74. The van der Waals surface area contributed by atoms with Gasteiger partial charge in [-0.15, -0.1) is 0 Å². The van der Waals surface area contributed by atoms with Crippen LogP contribution in [-0.2, 0) is 0 Å². The molecule has 0 atom stereocenters. The molecule has 0 N–H and O–H groups in total. The second-order valence-electron chi connectivity index (χ2n) is 2.51. The Morgan fingerprint density at radius 1 is 1.42 bits per heavy atom. The Balaban J connectivity index is 2.93. The van der Waals surface area contributed by atoms with Crippen LogP contribution in [0.15, 0.2) is 29.3 Å². The van der Waals surface area contributed by atoms with Crippen LogP contribution in [0.3, 0.4) is 0 Å². The predicted octanol–water partition coefficient (Wildman–Crippen LogP) is 3.10. The van der Waals surface area contributed by atoms with E-state index in [1.54, 1.807) is 6.08 Å². The highest BCUT2D eigenvalue weighted by Crippen LogP contribution is 2.10. The van der Waals surface area contributed by atoms with Crippen LogP contribution in [0.4, 0.5) is 0 Å². The van der Waals surface area contributed by atoms with Crippen molar-refractivity contribution in [3.8, 4) is 6.07 Å². The SMILES string of the molecule is Cc1ccc(C=C(Cl)C#N)cc1. The van der Waals surface area contributed by atoms with Crippen LogP contribution < -0.4 is 0 Å². The van der Waals surface area contributed by atoms with Crippen LogP contribution >= 0.6 is 11.6 Å². The molecular weight excluding hydrogens is 170 g/mol. The topological polar surface area (TPSA) is 23.8 Å². The van der Waals surface area contributed by atoms with E-state index in [0.29, 0.717) is 0 Å². The Bertz CT molecular complexity index is 330. The molecule has 0 spiro atoms. The van der Waals surface area contributed by atoms with Gasteiger partial charge in [-0.25, -0.2) is 0 Å². The molecule has 0 unspecified atom stereocenters. The molecule has 0 aromatic heterocycles. The van der Waals surface area contributed by atoms with Gasteiger partial charge in [-0.05, 0) is 18.6 Å². The van der Waals surface area contributed by atoms with E-state index in [0.717, 1.165) is 5.56 Å². The first-order valence-electron chi connectivity index (χ1n) is 3.56. The summed E-state index contributed by atoms with van der Waals surface area (Å²) in [5.41, 5.74) is 2.15. The van der Waals surface area contributed by atoms with E-state index in [1.165, 1.54) is 5.56 Å². The summed E-state index contributed by atoms with van der Waals surface area (Å²) in [5.74, 6) is 0. The Kier molecular flexibility index (Phi) is 2.90. The average Bonchev–Trinajstić information content (AvgIpc) is 2.09. The molecule has 0 saturated carbocycles. The van der Waals surface area contributed by atoms with E-state index in [-0.39, 0.29) is 5.03 Å². The summed E-state index contributed by atoms with van der Waals surface area (Å²) in [7, 11) is 0. The summed E-state index contributed by atoms with van der Waals surface area (Å²) in [6.07, 6.45) is 1.64. The van der Waals surface area contributed by atoms with Gasteiger partial charge in [0.1, 0.15) is 11.1 Å². The average molecular weight is 178 g/mol. The molecule has 0 fully saturated rings. The molecule has 0 amide bonds. The van der Waals surface area contributed by atoms with Gasteiger partial charge in [0.15, 0.2) is 0 Å². The molecule has 2 heteroatoms. The molecule has 0 aliphatic heterocycles. The minimum Gasteiger partial charge on any atom is -0.191 e. The third kappa shape index (κ3) is 2.41. The predicted molar refractivity (Wildman–Crippen MR) is 50.6 cm³/mol. The number of aryl methyl sites for hydroxylation is 1. The van der Waals surface area contributed by atoms with Crippen molar-refractivity contribution in [1.82, 2.24) is 0 Å². The Morgan fingerprint density at radius 3 is 2.50 bits per heavy atom. The van der Waals surface area contributed by atoms with Gasteiger partial charge in [0.05, 0.1) is 0 Å². The van der Waals surface area contributed by atoms with Crippen molar-refractivity contribution in [1.29, 1.82) is 5.26 Å². The number of allylic oxidation sites excluding steroid dienone is 1. The zero-order valence-electron chi connectivity index (χ0n) is 6.71. The normalized spacial score (nSPS) is 10.9. The van der Waals surface area contributed by atoms with Crippen molar-refractivity contribution < 1.29 is 0 Å². The van der Waals surface area contributed by atoms with Crippen LogP contribution in [0.1, 0.15) is 11.1 Å². The Hall–Kier alpha value is -1.26. The van der Waals surface area contributed by atoms with Crippen molar-refractivity contribution in [2.45, 2.75) is 6.92 Å². The minimum atomic E-state index is 0.207. The smallest absolute Gasteiger partial charge is 0.118 e. The first-order chi connectivity index (χ1) is 5.72. The fourth-order valence-electron chi connectivity index (χ4n) is 0.841. The molecule has 1 rings (SSSR count). The first-order valence-corrected chi connectivity index (χ1v) is 3.94. The fourth-order valence-corrected chi connectivity index (χ4v) is 0.967. The van der Waals surface area contributed by atoms with Gasteiger partial charge in [-0.3, -0.25) is 0 Å². The van der Waals surface area contributed by atoms with Crippen molar-refractivity contribution in [2.24, 2.45) is 0 Å². The summed E-state index contributed by atoms with van der Waals surface area (Å²) in [5, 5.41) is 8.61. The fraction of sp³-hybridized carbons (Fsp3) is 0.100. The van der Waals surface area contributed by atoms with E-state index >= 15 is 0 Å². The maximum absolute atomic E-state index is 8.40. The van der Waals surface area contributed by atoms with Gasteiger partial charge in [0.2, 0.25) is 0 Å². The van der Waals surface area contributed by atoms with Crippen LogP contribution in [0.25, 0.3) is 6.08 Å². The number of nitrogens with zero attached hydrogens (tertiary/aromatic N) is 1. The molecule has 60 valence electrons. The monoisotopic (exact) mass is 177 g/mol. The van der Waals surface area contributed by atoms with Gasteiger partial charge >= 0.3 is 0 Å². The summed E-state index contributed by atoms with van der Waals surface area (Å²) in [6.45, 7) is 2.01. The quantitative estimate of drug-likeness (QED) is 0.605. The summed E-state index contributed by atoms with van der Waals surface area (Å²) in [4.78, 5) is 0. The third-order valence-corrected chi connectivity index (χ3v) is 1.67. The van der Waals surface area contributed by atoms with Crippen molar-refractivity contribution >= 4 is 17.7 Å².